The van der Waals surface area contributed by atoms with Crippen molar-refractivity contribution >= 4 is 5.69 Å². The molecule has 1 aromatic carbocycles. The number of hydrogen-bond donors (Lipinski definition) is 2. The average molecular weight is 278 g/mol. The van der Waals surface area contributed by atoms with Gasteiger partial charge in [-0.3, -0.25) is 10.1 Å². The standard InChI is InChI=1S/C15H22N2O3/c1-12(13-6-2-3-7-14(13)17(19)20)16-10-15(11-18)8-4-5-9-15/h2-3,6-7,12,16,18H,4-5,8-11H2,1H3. The highest BCUT2D eigenvalue weighted by Gasteiger charge is 2.33. The molecule has 1 atom stereocenters. The maximum Gasteiger partial charge on any atom is 0.274 e. The zero-order chi connectivity index (χ0) is 14.6. The van der Waals surface area contributed by atoms with Crippen LogP contribution in [0, 0.1) is 15.5 Å². The number of para-hydroxylation sites is 1. The van der Waals surface area contributed by atoms with E-state index in [1.54, 1.807) is 12.1 Å². The Hall–Kier alpha value is -1.46. The topological polar surface area (TPSA) is 75.4 Å². The number of nitro benzene ring substituents is 1. The van der Waals surface area contributed by atoms with Crippen molar-refractivity contribution in [3.05, 3.63) is 39.9 Å². The van der Waals surface area contributed by atoms with Crippen LogP contribution in [0.5, 0.6) is 0 Å². The van der Waals surface area contributed by atoms with E-state index >= 15 is 0 Å². The van der Waals surface area contributed by atoms with E-state index in [9.17, 15) is 15.2 Å². The first-order valence-electron chi connectivity index (χ1n) is 7.15. The van der Waals surface area contributed by atoms with Gasteiger partial charge in [0, 0.05) is 36.2 Å². The van der Waals surface area contributed by atoms with E-state index in [0.29, 0.717) is 12.1 Å². The van der Waals surface area contributed by atoms with Crippen LogP contribution in [0.4, 0.5) is 5.69 Å². The Morgan fingerprint density at radius 2 is 2.05 bits per heavy atom. The third-order valence-corrected chi connectivity index (χ3v) is 4.38. The highest BCUT2D eigenvalue weighted by Crippen LogP contribution is 2.37. The largest absolute Gasteiger partial charge is 0.396 e. The van der Waals surface area contributed by atoms with E-state index < -0.39 is 0 Å². The first-order chi connectivity index (χ1) is 9.58. The molecular weight excluding hydrogens is 256 g/mol. The van der Waals surface area contributed by atoms with Crippen LogP contribution >= 0.6 is 0 Å². The van der Waals surface area contributed by atoms with Gasteiger partial charge in [0.1, 0.15) is 0 Å². The Kier molecular flexibility index (Phi) is 4.73. The summed E-state index contributed by atoms with van der Waals surface area (Å²) in [4.78, 5) is 10.7. The van der Waals surface area contributed by atoms with Gasteiger partial charge in [-0.1, -0.05) is 31.0 Å². The van der Waals surface area contributed by atoms with Gasteiger partial charge in [0.15, 0.2) is 0 Å². The summed E-state index contributed by atoms with van der Waals surface area (Å²) >= 11 is 0. The van der Waals surface area contributed by atoms with Crippen LogP contribution < -0.4 is 5.32 Å². The molecule has 2 N–H and O–H groups in total. The summed E-state index contributed by atoms with van der Waals surface area (Å²) in [6, 6.07) is 6.72. The minimum Gasteiger partial charge on any atom is -0.396 e. The van der Waals surface area contributed by atoms with Crippen LogP contribution in [-0.4, -0.2) is 23.2 Å². The van der Waals surface area contributed by atoms with Crippen LogP contribution in [-0.2, 0) is 0 Å². The fourth-order valence-electron chi connectivity index (χ4n) is 3.02. The summed E-state index contributed by atoms with van der Waals surface area (Å²) in [5, 5.41) is 24.0. The highest BCUT2D eigenvalue weighted by atomic mass is 16.6. The fraction of sp³-hybridized carbons (Fsp3) is 0.600. The molecule has 110 valence electrons. The predicted octanol–water partition coefficient (Wildman–Crippen LogP) is 2.80. The quantitative estimate of drug-likeness (QED) is 0.619. The van der Waals surface area contributed by atoms with Crippen molar-refractivity contribution in [2.75, 3.05) is 13.2 Å². The van der Waals surface area contributed by atoms with Gasteiger partial charge in [-0.05, 0) is 19.8 Å². The molecule has 0 spiro atoms. The molecule has 0 saturated heterocycles. The monoisotopic (exact) mass is 278 g/mol. The number of rotatable bonds is 6. The molecule has 1 aliphatic carbocycles. The summed E-state index contributed by atoms with van der Waals surface area (Å²) < 4.78 is 0. The van der Waals surface area contributed by atoms with Crippen molar-refractivity contribution in [2.24, 2.45) is 5.41 Å². The lowest BCUT2D eigenvalue weighted by Crippen LogP contribution is -2.36. The zero-order valence-corrected chi connectivity index (χ0v) is 11.8. The van der Waals surface area contributed by atoms with Gasteiger partial charge in [0.05, 0.1) is 4.92 Å². The van der Waals surface area contributed by atoms with Crippen LogP contribution in [0.1, 0.15) is 44.2 Å². The summed E-state index contributed by atoms with van der Waals surface area (Å²) in [6.45, 7) is 2.82. The maximum absolute atomic E-state index is 11.0. The molecule has 0 radical (unpaired) electrons. The second-order valence-electron chi connectivity index (χ2n) is 5.78. The predicted molar refractivity (Wildman–Crippen MR) is 77.5 cm³/mol. The maximum atomic E-state index is 11.0. The second-order valence-corrected chi connectivity index (χ2v) is 5.78. The number of nitrogens with zero attached hydrogens (tertiary/aromatic N) is 1. The molecule has 1 aromatic rings. The normalized spacial score (nSPS) is 18.9. The number of aliphatic hydroxyl groups excluding tert-OH is 1. The van der Waals surface area contributed by atoms with E-state index in [1.165, 1.54) is 6.07 Å². The molecule has 5 nitrogen and oxygen atoms in total. The third-order valence-electron chi connectivity index (χ3n) is 4.38. The molecule has 0 bridgehead atoms. The van der Waals surface area contributed by atoms with Crippen LogP contribution in [0.25, 0.3) is 0 Å². The number of aliphatic hydroxyl groups is 1. The number of nitro groups is 1. The first-order valence-corrected chi connectivity index (χ1v) is 7.15. The minimum absolute atomic E-state index is 0.0438. The Labute approximate surface area is 119 Å². The van der Waals surface area contributed by atoms with Gasteiger partial charge in [-0.25, -0.2) is 0 Å². The fourth-order valence-corrected chi connectivity index (χ4v) is 3.02. The Morgan fingerprint density at radius 1 is 1.40 bits per heavy atom. The molecule has 5 heteroatoms. The molecule has 0 aliphatic heterocycles. The molecule has 20 heavy (non-hydrogen) atoms. The Bertz CT molecular complexity index is 470. The molecule has 2 rings (SSSR count). The van der Waals surface area contributed by atoms with Crippen LogP contribution in [0.3, 0.4) is 0 Å². The Morgan fingerprint density at radius 3 is 2.65 bits per heavy atom. The lowest BCUT2D eigenvalue weighted by Gasteiger charge is -2.28. The van der Waals surface area contributed by atoms with Crippen LogP contribution in [0.15, 0.2) is 24.3 Å². The van der Waals surface area contributed by atoms with Crippen molar-refractivity contribution in [1.29, 1.82) is 0 Å². The molecule has 0 amide bonds. The van der Waals surface area contributed by atoms with Crippen molar-refractivity contribution in [3.8, 4) is 0 Å². The summed E-state index contributed by atoms with van der Waals surface area (Å²) in [6.07, 6.45) is 4.37. The molecule has 1 fully saturated rings. The lowest BCUT2D eigenvalue weighted by molar-refractivity contribution is -0.385. The number of hydrogen-bond acceptors (Lipinski definition) is 4. The molecule has 1 saturated carbocycles. The minimum atomic E-state index is -0.342. The molecule has 0 aromatic heterocycles. The summed E-state index contributed by atoms with van der Waals surface area (Å²) in [7, 11) is 0. The van der Waals surface area contributed by atoms with Crippen molar-refractivity contribution in [1.82, 2.24) is 5.32 Å². The van der Waals surface area contributed by atoms with Crippen LogP contribution in [0.2, 0.25) is 0 Å². The third kappa shape index (κ3) is 3.16. The van der Waals surface area contributed by atoms with Crippen molar-refractivity contribution in [2.45, 2.75) is 38.6 Å². The summed E-state index contributed by atoms with van der Waals surface area (Å²) in [5.41, 5.74) is 0.804. The molecule has 1 unspecified atom stereocenters. The van der Waals surface area contributed by atoms with Gasteiger partial charge in [-0.15, -0.1) is 0 Å². The van der Waals surface area contributed by atoms with E-state index in [1.807, 2.05) is 13.0 Å². The van der Waals surface area contributed by atoms with Gasteiger partial charge in [-0.2, -0.15) is 0 Å². The average Bonchev–Trinajstić information content (AvgIpc) is 2.94. The van der Waals surface area contributed by atoms with Crippen molar-refractivity contribution < 1.29 is 10.0 Å². The molecular formula is C15H22N2O3. The Balaban J connectivity index is 2.05. The molecule has 0 heterocycles. The van der Waals surface area contributed by atoms with E-state index in [4.69, 9.17) is 0 Å². The lowest BCUT2D eigenvalue weighted by atomic mass is 9.87. The molecule has 1 aliphatic rings. The zero-order valence-electron chi connectivity index (χ0n) is 11.8. The van der Waals surface area contributed by atoms with E-state index in [2.05, 4.69) is 5.32 Å². The number of nitrogens with one attached hydrogen (secondary N) is 1. The smallest absolute Gasteiger partial charge is 0.274 e. The highest BCUT2D eigenvalue weighted by molar-refractivity contribution is 5.41. The number of benzene rings is 1. The van der Waals surface area contributed by atoms with E-state index in [-0.39, 0.29) is 28.7 Å². The second kappa shape index (κ2) is 6.33. The van der Waals surface area contributed by atoms with Gasteiger partial charge in [0.2, 0.25) is 0 Å². The SMILES string of the molecule is CC(NCC1(CO)CCCC1)c1ccccc1[N+](=O)[O-]. The van der Waals surface area contributed by atoms with Gasteiger partial charge >= 0.3 is 0 Å². The van der Waals surface area contributed by atoms with Gasteiger partial charge in [0.25, 0.3) is 5.69 Å². The summed E-state index contributed by atoms with van der Waals surface area (Å²) in [5.74, 6) is 0. The van der Waals surface area contributed by atoms with Gasteiger partial charge < -0.3 is 10.4 Å². The van der Waals surface area contributed by atoms with E-state index in [0.717, 1.165) is 25.7 Å². The van der Waals surface area contributed by atoms with Crippen molar-refractivity contribution in [3.63, 3.8) is 0 Å². The first kappa shape index (κ1) is 14.9.